The van der Waals surface area contributed by atoms with Crippen LogP contribution in [0.2, 0.25) is 0 Å². The molecule has 0 saturated heterocycles. The monoisotopic (exact) mass is 363 g/mol. The Kier molecular flexibility index (Phi) is 8.58. The molecular formula is C20H33N3O3. The molecule has 1 rings (SSSR count). The highest BCUT2D eigenvalue weighted by molar-refractivity contribution is 5.97. The molecule has 0 spiro atoms. The van der Waals surface area contributed by atoms with E-state index in [-0.39, 0.29) is 23.1 Å². The lowest BCUT2D eigenvalue weighted by molar-refractivity contribution is -0.119. The maximum absolute atomic E-state index is 12.1. The number of carbonyl (C=O) groups is 2. The third-order valence-corrected chi connectivity index (χ3v) is 3.99. The molecule has 0 aliphatic heterocycles. The fraction of sp³-hybridized carbons (Fsp3) is 0.600. The van der Waals surface area contributed by atoms with Gasteiger partial charge in [-0.15, -0.1) is 0 Å². The third-order valence-electron chi connectivity index (χ3n) is 3.99. The molecule has 6 nitrogen and oxygen atoms in total. The predicted octanol–water partition coefficient (Wildman–Crippen LogP) is 2.43. The van der Waals surface area contributed by atoms with E-state index in [0.29, 0.717) is 30.9 Å². The number of ether oxygens (including phenoxy) is 1. The zero-order valence-corrected chi connectivity index (χ0v) is 16.6. The van der Waals surface area contributed by atoms with Crippen molar-refractivity contribution in [1.82, 2.24) is 10.6 Å². The van der Waals surface area contributed by atoms with Crippen molar-refractivity contribution in [3.63, 3.8) is 0 Å². The summed E-state index contributed by atoms with van der Waals surface area (Å²) in [5, 5.41) is 5.95. The average Bonchev–Trinajstić information content (AvgIpc) is 2.57. The van der Waals surface area contributed by atoms with Crippen LogP contribution in [0.5, 0.6) is 5.75 Å². The minimum atomic E-state index is -0.375. The van der Waals surface area contributed by atoms with Crippen molar-refractivity contribution in [1.29, 1.82) is 0 Å². The Labute approximate surface area is 156 Å². The maximum Gasteiger partial charge on any atom is 0.254 e. The summed E-state index contributed by atoms with van der Waals surface area (Å²) in [6, 6.07) is 5.23. The number of primary amides is 1. The van der Waals surface area contributed by atoms with Gasteiger partial charge < -0.3 is 21.1 Å². The second-order valence-corrected chi connectivity index (χ2v) is 7.66. The van der Waals surface area contributed by atoms with Crippen molar-refractivity contribution in [2.75, 3.05) is 26.7 Å². The molecule has 0 aliphatic carbocycles. The van der Waals surface area contributed by atoms with Crippen LogP contribution in [-0.4, -0.2) is 38.6 Å². The SMILES string of the molecule is CCCC(C(N)=O)c1ccc(C(=O)NC)c(OCCNCC(C)(C)C)c1. The van der Waals surface area contributed by atoms with Crippen LogP contribution in [0.1, 0.15) is 62.4 Å². The van der Waals surface area contributed by atoms with Gasteiger partial charge >= 0.3 is 0 Å². The summed E-state index contributed by atoms with van der Waals surface area (Å²) >= 11 is 0. The van der Waals surface area contributed by atoms with Gasteiger partial charge in [-0.05, 0) is 29.5 Å². The Bertz CT molecular complexity index is 609. The molecule has 146 valence electrons. The number of hydrogen-bond acceptors (Lipinski definition) is 4. The highest BCUT2D eigenvalue weighted by Crippen LogP contribution is 2.28. The van der Waals surface area contributed by atoms with Gasteiger partial charge in [-0.25, -0.2) is 0 Å². The molecule has 1 aromatic carbocycles. The van der Waals surface area contributed by atoms with E-state index in [1.54, 1.807) is 25.2 Å². The molecule has 0 bridgehead atoms. The summed E-state index contributed by atoms with van der Waals surface area (Å²) in [5.74, 6) is -0.487. The lowest BCUT2D eigenvalue weighted by atomic mass is 9.92. The number of rotatable bonds is 10. The Morgan fingerprint density at radius 3 is 2.50 bits per heavy atom. The van der Waals surface area contributed by atoms with Crippen LogP contribution in [0.15, 0.2) is 18.2 Å². The van der Waals surface area contributed by atoms with Gasteiger partial charge in [0.15, 0.2) is 0 Å². The molecule has 1 aromatic rings. The molecule has 0 fully saturated rings. The van der Waals surface area contributed by atoms with E-state index in [4.69, 9.17) is 10.5 Å². The number of amides is 2. The first-order valence-corrected chi connectivity index (χ1v) is 9.18. The van der Waals surface area contributed by atoms with Crippen molar-refractivity contribution in [2.45, 2.75) is 46.5 Å². The highest BCUT2D eigenvalue weighted by atomic mass is 16.5. The van der Waals surface area contributed by atoms with Crippen LogP contribution >= 0.6 is 0 Å². The summed E-state index contributed by atoms with van der Waals surface area (Å²) in [7, 11) is 1.58. The first kappa shape index (κ1) is 22.0. The van der Waals surface area contributed by atoms with Gasteiger partial charge in [-0.1, -0.05) is 40.2 Å². The smallest absolute Gasteiger partial charge is 0.254 e. The molecule has 0 radical (unpaired) electrons. The van der Waals surface area contributed by atoms with Crippen LogP contribution in [0.3, 0.4) is 0 Å². The van der Waals surface area contributed by atoms with Crippen molar-refractivity contribution < 1.29 is 14.3 Å². The van der Waals surface area contributed by atoms with Gasteiger partial charge in [0.25, 0.3) is 5.91 Å². The van der Waals surface area contributed by atoms with E-state index in [9.17, 15) is 9.59 Å². The summed E-state index contributed by atoms with van der Waals surface area (Å²) in [6.45, 7) is 10.5. The number of nitrogens with one attached hydrogen (secondary N) is 2. The van der Waals surface area contributed by atoms with Crippen molar-refractivity contribution >= 4 is 11.8 Å². The number of benzene rings is 1. The van der Waals surface area contributed by atoms with Crippen LogP contribution in [0.25, 0.3) is 0 Å². The molecule has 6 heteroatoms. The van der Waals surface area contributed by atoms with E-state index in [2.05, 4.69) is 31.4 Å². The molecule has 26 heavy (non-hydrogen) atoms. The lowest BCUT2D eigenvalue weighted by Gasteiger charge is -2.19. The number of carbonyl (C=O) groups excluding carboxylic acids is 2. The van der Waals surface area contributed by atoms with Crippen molar-refractivity contribution in [3.05, 3.63) is 29.3 Å². The Morgan fingerprint density at radius 1 is 1.27 bits per heavy atom. The summed E-state index contributed by atoms with van der Waals surface area (Å²) in [4.78, 5) is 23.9. The zero-order chi connectivity index (χ0) is 19.7. The first-order valence-electron chi connectivity index (χ1n) is 9.18. The molecule has 0 aromatic heterocycles. The standard InChI is InChI=1S/C20H33N3O3/c1-6-7-15(18(21)24)14-8-9-16(19(25)22-5)17(12-14)26-11-10-23-13-20(2,3)4/h8-9,12,15,23H,6-7,10-11,13H2,1-5H3,(H2,21,24)(H,22,25). The average molecular weight is 364 g/mol. The molecule has 2 amide bonds. The minimum Gasteiger partial charge on any atom is -0.491 e. The topological polar surface area (TPSA) is 93.5 Å². The predicted molar refractivity (Wildman–Crippen MR) is 104 cm³/mol. The molecule has 0 heterocycles. The van der Waals surface area contributed by atoms with E-state index < -0.39 is 0 Å². The molecule has 4 N–H and O–H groups in total. The van der Waals surface area contributed by atoms with E-state index in [0.717, 1.165) is 18.5 Å². The Morgan fingerprint density at radius 2 is 1.96 bits per heavy atom. The zero-order valence-electron chi connectivity index (χ0n) is 16.6. The van der Waals surface area contributed by atoms with Gasteiger partial charge in [-0.2, -0.15) is 0 Å². The van der Waals surface area contributed by atoms with Gasteiger partial charge in [0.1, 0.15) is 12.4 Å². The highest BCUT2D eigenvalue weighted by Gasteiger charge is 2.20. The van der Waals surface area contributed by atoms with E-state index in [1.165, 1.54) is 0 Å². The normalized spacial score (nSPS) is 12.5. The largest absolute Gasteiger partial charge is 0.491 e. The minimum absolute atomic E-state index is 0.196. The Balaban J connectivity index is 2.92. The number of nitrogens with two attached hydrogens (primary N) is 1. The maximum atomic E-state index is 12.1. The molecule has 1 atom stereocenters. The second-order valence-electron chi connectivity index (χ2n) is 7.66. The van der Waals surface area contributed by atoms with Crippen molar-refractivity contribution in [3.8, 4) is 5.75 Å². The van der Waals surface area contributed by atoms with Crippen LogP contribution in [-0.2, 0) is 4.79 Å². The Hall–Kier alpha value is -2.08. The molecule has 0 aliphatic rings. The van der Waals surface area contributed by atoms with Gasteiger partial charge in [0, 0.05) is 20.1 Å². The molecule has 0 saturated carbocycles. The molecular weight excluding hydrogens is 330 g/mol. The third kappa shape index (κ3) is 7.04. The second kappa shape index (κ2) is 10.2. The lowest BCUT2D eigenvalue weighted by Crippen LogP contribution is -2.30. The van der Waals surface area contributed by atoms with Gasteiger partial charge in [-0.3, -0.25) is 9.59 Å². The quantitative estimate of drug-likeness (QED) is 0.557. The number of hydrogen-bond donors (Lipinski definition) is 3. The van der Waals surface area contributed by atoms with E-state index >= 15 is 0 Å². The fourth-order valence-corrected chi connectivity index (χ4v) is 2.66. The van der Waals surface area contributed by atoms with E-state index in [1.807, 2.05) is 6.92 Å². The van der Waals surface area contributed by atoms with Crippen molar-refractivity contribution in [2.24, 2.45) is 11.1 Å². The van der Waals surface area contributed by atoms with Crippen LogP contribution in [0.4, 0.5) is 0 Å². The van der Waals surface area contributed by atoms with Crippen LogP contribution < -0.4 is 21.1 Å². The summed E-state index contributed by atoms with van der Waals surface area (Å²) < 4.78 is 5.85. The first-order chi connectivity index (χ1) is 12.2. The van der Waals surface area contributed by atoms with Gasteiger partial charge in [0.05, 0.1) is 11.5 Å². The van der Waals surface area contributed by atoms with Gasteiger partial charge in [0.2, 0.25) is 5.91 Å². The fourth-order valence-electron chi connectivity index (χ4n) is 2.66. The van der Waals surface area contributed by atoms with Crippen LogP contribution in [0, 0.1) is 5.41 Å². The summed E-state index contributed by atoms with van der Waals surface area (Å²) in [6.07, 6.45) is 1.51. The molecule has 1 unspecified atom stereocenters. The summed E-state index contributed by atoms with van der Waals surface area (Å²) in [5.41, 5.74) is 6.97.